The van der Waals surface area contributed by atoms with Gasteiger partial charge in [-0.15, -0.1) is 11.3 Å². The normalized spacial score (nSPS) is 24.3. The minimum absolute atomic E-state index is 0.218. The van der Waals surface area contributed by atoms with E-state index in [9.17, 15) is 4.79 Å². The van der Waals surface area contributed by atoms with Gasteiger partial charge in [0.1, 0.15) is 0 Å². The van der Waals surface area contributed by atoms with Crippen LogP contribution in [0.1, 0.15) is 26.5 Å². The Bertz CT molecular complexity index is 466. The summed E-state index contributed by atoms with van der Waals surface area (Å²) in [6.45, 7) is 10.2. The van der Waals surface area contributed by atoms with Crippen LogP contribution in [0.2, 0.25) is 0 Å². The molecule has 110 valence electrons. The Hall–Kier alpha value is -0.910. The van der Waals surface area contributed by atoms with Gasteiger partial charge in [0.2, 0.25) is 0 Å². The molecule has 0 saturated carbocycles. The largest absolute Gasteiger partial charge is 0.335 e. The van der Waals surface area contributed by atoms with Crippen molar-refractivity contribution in [1.82, 2.24) is 15.1 Å². The van der Waals surface area contributed by atoms with Gasteiger partial charge in [0, 0.05) is 43.6 Å². The van der Waals surface area contributed by atoms with E-state index in [0.29, 0.717) is 6.04 Å². The molecular weight excluding hydrogens is 270 g/mol. The number of nitrogens with zero attached hydrogens (tertiary/aromatic N) is 2. The summed E-state index contributed by atoms with van der Waals surface area (Å²) in [7, 11) is 0. The van der Waals surface area contributed by atoms with Gasteiger partial charge in [0.25, 0.3) is 5.91 Å². The van der Waals surface area contributed by atoms with Gasteiger partial charge in [-0.1, -0.05) is 0 Å². The van der Waals surface area contributed by atoms with Crippen LogP contribution in [0, 0.1) is 13.8 Å². The van der Waals surface area contributed by atoms with Crippen LogP contribution >= 0.6 is 11.3 Å². The Morgan fingerprint density at radius 1 is 1.30 bits per heavy atom. The molecule has 2 aliphatic rings. The van der Waals surface area contributed by atoms with Crippen LogP contribution in [0.25, 0.3) is 0 Å². The summed E-state index contributed by atoms with van der Waals surface area (Å²) in [6.07, 6.45) is 1.25. The zero-order valence-corrected chi connectivity index (χ0v) is 13.1. The molecule has 1 amide bonds. The predicted octanol–water partition coefficient (Wildman–Crippen LogP) is 1.48. The third-order valence-corrected chi connectivity index (χ3v) is 5.67. The zero-order chi connectivity index (χ0) is 14.1. The van der Waals surface area contributed by atoms with Gasteiger partial charge in [-0.2, -0.15) is 0 Å². The van der Waals surface area contributed by atoms with E-state index in [1.165, 1.54) is 16.9 Å². The summed E-state index contributed by atoms with van der Waals surface area (Å²) in [5.74, 6) is 0.218. The number of hydrogen-bond acceptors (Lipinski definition) is 4. The highest BCUT2D eigenvalue weighted by molar-refractivity contribution is 7.14. The number of rotatable bonds is 2. The van der Waals surface area contributed by atoms with Crippen molar-refractivity contribution in [2.75, 3.05) is 39.3 Å². The summed E-state index contributed by atoms with van der Waals surface area (Å²) in [5.41, 5.74) is 1.23. The first kappa shape index (κ1) is 14.0. The molecule has 1 unspecified atom stereocenters. The Labute approximate surface area is 124 Å². The lowest BCUT2D eigenvalue weighted by Crippen LogP contribution is -2.52. The number of hydrogen-bond donors (Lipinski definition) is 1. The lowest BCUT2D eigenvalue weighted by molar-refractivity contribution is 0.0588. The van der Waals surface area contributed by atoms with E-state index in [1.807, 2.05) is 11.0 Å². The smallest absolute Gasteiger partial charge is 0.264 e. The maximum absolute atomic E-state index is 12.5. The fourth-order valence-corrected chi connectivity index (χ4v) is 4.08. The van der Waals surface area contributed by atoms with E-state index in [2.05, 4.69) is 24.1 Å². The van der Waals surface area contributed by atoms with Crippen molar-refractivity contribution in [3.8, 4) is 0 Å². The SMILES string of the molecule is Cc1cc(C(=O)N2CCN(C3CCNC3)CC2)sc1C. The van der Waals surface area contributed by atoms with Gasteiger partial charge in [-0.05, 0) is 38.4 Å². The predicted molar refractivity (Wildman–Crippen MR) is 82.5 cm³/mol. The third-order valence-electron chi connectivity index (χ3n) is 4.53. The van der Waals surface area contributed by atoms with Crippen molar-refractivity contribution in [1.29, 1.82) is 0 Å². The zero-order valence-electron chi connectivity index (χ0n) is 12.3. The molecule has 0 spiro atoms. The van der Waals surface area contributed by atoms with Gasteiger partial charge in [-0.3, -0.25) is 9.69 Å². The average Bonchev–Trinajstić information content (AvgIpc) is 3.09. The maximum Gasteiger partial charge on any atom is 0.264 e. The Morgan fingerprint density at radius 3 is 2.60 bits per heavy atom. The molecule has 4 nitrogen and oxygen atoms in total. The number of amides is 1. The molecular formula is C15H23N3OS. The molecule has 2 saturated heterocycles. The quantitative estimate of drug-likeness (QED) is 0.897. The number of piperazine rings is 1. The van der Waals surface area contributed by atoms with Crippen molar-refractivity contribution < 1.29 is 4.79 Å². The second-order valence-corrected chi connectivity index (χ2v) is 7.08. The standard InChI is InChI=1S/C15H23N3OS/c1-11-9-14(20-12(11)2)15(19)18-7-5-17(6-8-18)13-3-4-16-10-13/h9,13,16H,3-8,10H2,1-2H3. The van der Waals surface area contributed by atoms with Crippen molar-refractivity contribution in [2.45, 2.75) is 26.3 Å². The first-order valence-electron chi connectivity index (χ1n) is 7.46. The molecule has 1 aromatic rings. The summed E-state index contributed by atoms with van der Waals surface area (Å²) in [5, 5.41) is 3.42. The first-order valence-corrected chi connectivity index (χ1v) is 8.28. The lowest BCUT2D eigenvalue weighted by Gasteiger charge is -2.37. The second-order valence-electron chi connectivity index (χ2n) is 5.82. The molecule has 1 N–H and O–H groups in total. The van der Waals surface area contributed by atoms with Gasteiger partial charge >= 0.3 is 0 Å². The van der Waals surface area contributed by atoms with Crippen LogP contribution in [-0.2, 0) is 0 Å². The first-order chi connectivity index (χ1) is 9.65. The number of carbonyl (C=O) groups excluding carboxylic acids is 1. The number of thiophene rings is 1. The number of aryl methyl sites for hydroxylation is 2. The summed E-state index contributed by atoms with van der Waals surface area (Å²) in [4.78, 5) is 19.2. The minimum atomic E-state index is 0.218. The van der Waals surface area contributed by atoms with E-state index in [1.54, 1.807) is 11.3 Å². The van der Waals surface area contributed by atoms with Crippen molar-refractivity contribution in [3.63, 3.8) is 0 Å². The van der Waals surface area contributed by atoms with Crippen LogP contribution < -0.4 is 5.32 Å². The molecule has 2 fully saturated rings. The maximum atomic E-state index is 12.5. The van der Waals surface area contributed by atoms with Crippen LogP contribution in [0.4, 0.5) is 0 Å². The highest BCUT2D eigenvalue weighted by Crippen LogP contribution is 2.23. The minimum Gasteiger partial charge on any atom is -0.335 e. The van der Waals surface area contributed by atoms with E-state index in [-0.39, 0.29) is 5.91 Å². The van der Waals surface area contributed by atoms with Crippen molar-refractivity contribution >= 4 is 17.2 Å². The third kappa shape index (κ3) is 2.75. The molecule has 1 atom stereocenters. The van der Waals surface area contributed by atoms with Gasteiger partial charge < -0.3 is 10.2 Å². The Morgan fingerprint density at radius 2 is 2.05 bits per heavy atom. The van der Waals surface area contributed by atoms with Crippen LogP contribution in [0.15, 0.2) is 6.07 Å². The summed E-state index contributed by atoms with van der Waals surface area (Å²) >= 11 is 1.63. The van der Waals surface area contributed by atoms with E-state index >= 15 is 0 Å². The Balaban J connectivity index is 1.58. The molecule has 0 radical (unpaired) electrons. The fraction of sp³-hybridized carbons (Fsp3) is 0.667. The number of nitrogens with one attached hydrogen (secondary N) is 1. The molecule has 1 aromatic heterocycles. The average molecular weight is 293 g/mol. The summed E-state index contributed by atoms with van der Waals surface area (Å²) in [6, 6.07) is 2.72. The number of carbonyl (C=O) groups is 1. The molecule has 2 aliphatic heterocycles. The Kier molecular flexibility index (Phi) is 4.10. The monoisotopic (exact) mass is 293 g/mol. The highest BCUT2D eigenvalue weighted by atomic mass is 32.1. The van der Waals surface area contributed by atoms with Gasteiger partial charge in [0.15, 0.2) is 0 Å². The highest BCUT2D eigenvalue weighted by Gasteiger charge is 2.28. The lowest BCUT2D eigenvalue weighted by atomic mass is 10.2. The van der Waals surface area contributed by atoms with E-state index < -0.39 is 0 Å². The fourth-order valence-electron chi connectivity index (χ4n) is 3.08. The molecule has 3 rings (SSSR count). The molecule has 0 bridgehead atoms. The van der Waals surface area contributed by atoms with Crippen LogP contribution in [-0.4, -0.2) is 61.0 Å². The van der Waals surface area contributed by atoms with Crippen molar-refractivity contribution in [2.24, 2.45) is 0 Å². The second kappa shape index (κ2) is 5.84. The van der Waals surface area contributed by atoms with Crippen LogP contribution in [0.3, 0.4) is 0 Å². The van der Waals surface area contributed by atoms with Crippen molar-refractivity contribution in [3.05, 3.63) is 21.4 Å². The molecule has 0 aliphatic carbocycles. The van der Waals surface area contributed by atoms with E-state index in [0.717, 1.165) is 44.1 Å². The van der Waals surface area contributed by atoms with Gasteiger partial charge in [0.05, 0.1) is 4.88 Å². The molecule has 5 heteroatoms. The molecule has 20 heavy (non-hydrogen) atoms. The topological polar surface area (TPSA) is 35.6 Å². The molecule has 0 aromatic carbocycles. The van der Waals surface area contributed by atoms with Crippen LogP contribution in [0.5, 0.6) is 0 Å². The van der Waals surface area contributed by atoms with Gasteiger partial charge in [-0.25, -0.2) is 0 Å². The van der Waals surface area contributed by atoms with E-state index in [4.69, 9.17) is 0 Å². The molecule has 3 heterocycles. The summed E-state index contributed by atoms with van der Waals surface area (Å²) < 4.78 is 0.